The molecular weight excluding hydrogens is 310 g/mol. The van der Waals surface area contributed by atoms with E-state index in [2.05, 4.69) is 81.9 Å². The fourth-order valence-electron chi connectivity index (χ4n) is 3.24. The molecule has 2 aromatic rings. The van der Waals surface area contributed by atoms with Gasteiger partial charge in [0.15, 0.2) is 5.96 Å². The highest BCUT2D eigenvalue weighted by atomic mass is 15.2. The lowest BCUT2D eigenvalue weighted by atomic mass is 10.1. The second kappa shape index (κ2) is 9.16. The number of aliphatic imine (C=N–C) groups is 1. The van der Waals surface area contributed by atoms with Gasteiger partial charge >= 0.3 is 0 Å². The van der Waals surface area contributed by atoms with Crippen LogP contribution in [0, 0.1) is 5.92 Å². The van der Waals surface area contributed by atoms with Gasteiger partial charge in [-0.15, -0.1) is 0 Å². The third-order valence-corrected chi connectivity index (χ3v) is 4.59. The zero-order valence-electron chi connectivity index (χ0n) is 15.1. The number of nitrogens with one attached hydrogen (secondary N) is 2. The van der Waals surface area contributed by atoms with Crippen LogP contribution in [0.2, 0.25) is 0 Å². The van der Waals surface area contributed by atoms with E-state index in [0.29, 0.717) is 5.92 Å². The average Bonchev–Trinajstić information content (AvgIpc) is 3.32. The van der Waals surface area contributed by atoms with Crippen molar-refractivity contribution < 1.29 is 0 Å². The molecule has 2 N–H and O–H groups in total. The minimum absolute atomic E-state index is 0.625. The van der Waals surface area contributed by atoms with Gasteiger partial charge in [0.25, 0.3) is 0 Å². The van der Waals surface area contributed by atoms with E-state index in [0.717, 1.165) is 45.2 Å². The van der Waals surface area contributed by atoms with Gasteiger partial charge in [-0.1, -0.05) is 18.2 Å². The molecular formula is C20H29N5. The van der Waals surface area contributed by atoms with Crippen LogP contribution in [0.25, 0.3) is 0 Å². The predicted molar refractivity (Wildman–Crippen MR) is 105 cm³/mol. The molecule has 5 heteroatoms. The summed E-state index contributed by atoms with van der Waals surface area (Å²) in [6, 6.07) is 14.8. The highest BCUT2D eigenvalue weighted by Gasteiger charge is 2.22. The summed E-state index contributed by atoms with van der Waals surface area (Å²) in [6.45, 7) is 7.91. The smallest absolute Gasteiger partial charge is 0.191 e. The largest absolute Gasteiger partial charge is 0.371 e. The third-order valence-electron chi connectivity index (χ3n) is 4.59. The summed E-state index contributed by atoms with van der Waals surface area (Å²) >= 11 is 0. The average molecular weight is 339 g/mol. The van der Waals surface area contributed by atoms with Crippen LogP contribution in [0.5, 0.6) is 0 Å². The maximum atomic E-state index is 4.80. The van der Waals surface area contributed by atoms with Crippen LogP contribution in [-0.4, -0.2) is 43.3 Å². The van der Waals surface area contributed by atoms with Crippen LogP contribution >= 0.6 is 0 Å². The molecule has 0 bridgehead atoms. The first-order valence-corrected chi connectivity index (χ1v) is 9.28. The van der Waals surface area contributed by atoms with Crippen molar-refractivity contribution in [2.24, 2.45) is 10.9 Å². The lowest BCUT2D eigenvalue weighted by Gasteiger charge is -2.18. The molecule has 1 fully saturated rings. The van der Waals surface area contributed by atoms with Gasteiger partial charge in [-0.3, -0.25) is 4.99 Å². The number of hydrogen-bond donors (Lipinski definition) is 2. The Kier molecular flexibility index (Phi) is 6.37. The maximum absolute atomic E-state index is 4.80. The molecule has 1 aliphatic rings. The monoisotopic (exact) mass is 339 g/mol. The van der Waals surface area contributed by atoms with Crippen molar-refractivity contribution in [3.63, 3.8) is 0 Å². The summed E-state index contributed by atoms with van der Waals surface area (Å²) in [5.41, 5.74) is 1.32. The Balaban J connectivity index is 1.46. The number of aromatic nitrogens is 1. The molecule has 5 nitrogen and oxygen atoms in total. The number of nitrogens with zero attached hydrogens (tertiary/aromatic N) is 3. The van der Waals surface area contributed by atoms with E-state index in [4.69, 9.17) is 4.99 Å². The van der Waals surface area contributed by atoms with Crippen molar-refractivity contribution in [3.05, 3.63) is 54.9 Å². The van der Waals surface area contributed by atoms with Gasteiger partial charge in [0.2, 0.25) is 0 Å². The summed E-state index contributed by atoms with van der Waals surface area (Å²) in [6.07, 6.45) is 5.38. The first kappa shape index (κ1) is 17.4. The van der Waals surface area contributed by atoms with Gasteiger partial charge in [0, 0.05) is 57.3 Å². The summed E-state index contributed by atoms with van der Waals surface area (Å²) in [5.74, 6) is 1.55. The second-order valence-electron chi connectivity index (χ2n) is 6.50. The van der Waals surface area contributed by atoms with Gasteiger partial charge < -0.3 is 20.1 Å². The van der Waals surface area contributed by atoms with E-state index in [1.54, 1.807) is 0 Å². The van der Waals surface area contributed by atoms with E-state index >= 15 is 0 Å². The lowest BCUT2D eigenvalue weighted by Crippen LogP contribution is -2.39. The first-order valence-electron chi connectivity index (χ1n) is 9.28. The Morgan fingerprint density at radius 2 is 1.92 bits per heavy atom. The summed E-state index contributed by atoms with van der Waals surface area (Å²) < 4.78 is 2.17. The fraction of sp³-hybridized carbons (Fsp3) is 0.450. The van der Waals surface area contributed by atoms with E-state index in [1.165, 1.54) is 12.1 Å². The van der Waals surface area contributed by atoms with Crippen LogP contribution in [0.1, 0.15) is 13.3 Å². The van der Waals surface area contributed by atoms with Gasteiger partial charge in [0.1, 0.15) is 0 Å². The highest BCUT2D eigenvalue weighted by Crippen LogP contribution is 2.23. The van der Waals surface area contributed by atoms with Crippen LogP contribution < -0.4 is 15.5 Å². The zero-order chi connectivity index (χ0) is 17.3. The normalized spacial score (nSPS) is 17.7. The van der Waals surface area contributed by atoms with E-state index < -0.39 is 0 Å². The SMILES string of the molecule is CCNC(=NCC1CCN(c2ccccc2)C1)NCCn1cccc1. The highest BCUT2D eigenvalue weighted by molar-refractivity contribution is 5.79. The second-order valence-corrected chi connectivity index (χ2v) is 6.50. The number of benzene rings is 1. The summed E-state index contributed by atoms with van der Waals surface area (Å²) in [7, 11) is 0. The molecule has 0 saturated carbocycles. The topological polar surface area (TPSA) is 44.6 Å². The van der Waals surface area contributed by atoms with Gasteiger partial charge in [-0.25, -0.2) is 0 Å². The number of hydrogen-bond acceptors (Lipinski definition) is 2. The number of guanidine groups is 1. The van der Waals surface area contributed by atoms with E-state index in [1.807, 2.05) is 0 Å². The molecule has 0 spiro atoms. The summed E-state index contributed by atoms with van der Waals surface area (Å²) in [4.78, 5) is 7.27. The van der Waals surface area contributed by atoms with Crippen molar-refractivity contribution in [2.45, 2.75) is 19.9 Å². The number of rotatable bonds is 7. The molecule has 0 amide bonds. The standard InChI is InChI=1S/C20H29N5/c1-2-21-20(22-11-15-24-12-6-7-13-24)23-16-18-10-14-25(17-18)19-8-4-3-5-9-19/h3-9,12-13,18H,2,10-11,14-17H2,1H3,(H2,21,22,23). The molecule has 1 aromatic carbocycles. The molecule has 1 saturated heterocycles. The molecule has 1 atom stereocenters. The minimum Gasteiger partial charge on any atom is -0.371 e. The van der Waals surface area contributed by atoms with Crippen molar-refractivity contribution in [1.82, 2.24) is 15.2 Å². The molecule has 25 heavy (non-hydrogen) atoms. The van der Waals surface area contributed by atoms with Crippen molar-refractivity contribution in [1.29, 1.82) is 0 Å². The molecule has 1 aromatic heterocycles. The first-order chi connectivity index (χ1) is 12.3. The van der Waals surface area contributed by atoms with E-state index in [9.17, 15) is 0 Å². The van der Waals surface area contributed by atoms with Crippen molar-refractivity contribution in [3.8, 4) is 0 Å². The van der Waals surface area contributed by atoms with Crippen LogP contribution in [-0.2, 0) is 6.54 Å². The minimum atomic E-state index is 0.625. The van der Waals surface area contributed by atoms with Gasteiger partial charge in [-0.05, 0) is 43.5 Å². The van der Waals surface area contributed by atoms with Crippen molar-refractivity contribution in [2.75, 3.05) is 37.6 Å². The molecule has 3 rings (SSSR count). The molecule has 0 aliphatic carbocycles. The Morgan fingerprint density at radius 3 is 2.68 bits per heavy atom. The number of anilines is 1. The molecule has 1 aliphatic heterocycles. The quantitative estimate of drug-likeness (QED) is 0.602. The Hall–Kier alpha value is -2.43. The molecule has 134 valence electrons. The van der Waals surface area contributed by atoms with Crippen molar-refractivity contribution >= 4 is 11.6 Å². The molecule has 0 radical (unpaired) electrons. The molecule has 2 heterocycles. The fourth-order valence-corrected chi connectivity index (χ4v) is 3.24. The maximum Gasteiger partial charge on any atom is 0.191 e. The van der Waals surface area contributed by atoms with E-state index in [-0.39, 0.29) is 0 Å². The number of para-hydroxylation sites is 1. The van der Waals surface area contributed by atoms with Crippen LogP contribution in [0.15, 0.2) is 59.9 Å². The predicted octanol–water partition coefficient (Wildman–Crippen LogP) is 2.57. The lowest BCUT2D eigenvalue weighted by molar-refractivity contribution is 0.596. The summed E-state index contributed by atoms with van der Waals surface area (Å²) in [5, 5.41) is 6.78. The van der Waals surface area contributed by atoms with Crippen LogP contribution in [0.3, 0.4) is 0 Å². The third kappa shape index (κ3) is 5.28. The van der Waals surface area contributed by atoms with Gasteiger partial charge in [0.05, 0.1) is 0 Å². The van der Waals surface area contributed by atoms with Crippen LogP contribution in [0.4, 0.5) is 5.69 Å². The van der Waals surface area contributed by atoms with Gasteiger partial charge in [-0.2, -0.15) is 0 Å². The molecule has 1 unspecified atom stereocenters. The zero-order valence-corrected chi connectivity index (χ0v) is 15.1. The Morgan fingerprint density at radius 1 is 1.12 bits per heavy atom. The Bertz CT molecular complexity index is 635. The Labute approximate surface area is 150 Å².